The minimum Gasteiger partial charge on any atom is -0.496 e. The van der Waals surface area contributed by atoms with Crippen molar-refractivity contribution in [2.45, 2.75) is 57.5 Å². The van der Waals surface area contributed by atoms with Crippen LogP contribution in [-0.2, 0) is 11.2 Å². The first kappa shape index (κ1) is 29.7. The summed E-state index contributed by atoms with van der Waals surface area (Å²) >= 11 is 1.37. The van der Waals surface area contributed by atoms with Crippen LogP contribution < -0.4 is 15.4 Å². The summed E-state index contributed by atoms with van der Waals surface area (Å²) in [5.41, 5.74) is 3.95. The van der Waals surface area contributed by atoms with Crippen LogP contribution in [0.25, 0.3) is 11.3 Å². The number of ether oxygens (including phenoxy) is 1. The van der Waals surface area contributed by atoms with Gasteiger partial charge in [0.05, 0.1) is 12.8 Å². The van der Waals surface area contributed by atoms with Gasteiger partial charge in [-0.15, -0.1) is 11.3 Å². The summed E-state index contributed by atoms with van der Waals surface area (Å²) < 4.78 is 5.56. The number of anilines is 1. The smallest absolute Gasteiger partial charge is 0.257 e. The molecule has 9 nitrogen and oxygen atoms in total. The number of piperidine rings is 1. The Bertz CT molecular complexity index is 1380. The standard InChI is InChI=1S/C32H39N5O4S/c1-3-4-5-22-6-11-29(41-2)27(18-22)28-20-42-32(34-28)35-30(39)23-7-9-24(10-8-23)31(40)36-16-13-26(14-17-36)37-15-12-25(19-37)33-21-38/h6-11,18,20-21,25-26H,3-5,12-17,19H2,1-2H3,(H,33,38)(H,34,35,39)/t25-/m1/s1. The van der Waals surface area contributed by atoms with Crippen LogP contribution in [0, 0.1) is 0 Å². The Labute approximate surface area is 251 Å². The molecular weight excluding hydrogens is 550 g/mol. The third-order valence-electron chi connectivity index (χ3n) is 8.27. The number of aryl methyl sites for hydroxylation is 1. The number of aromatic nitrogens is 1. The molecule has 3 heterocycles. The predicted molar refractivity (Wildman–Crippen MR) is 165 cm³/mol. The second-order valence-corrected chi connectivity index (χ2v) is 11.9. The molecule has 42 heavy (non-hydrogen) atoms. The minimum atomic E-state index is -0.271. The van der Waals surface area contributed by atoms with Crippen molar-refractivity contribution in [3.05, 3.63) is 64.5 Å². The highest BCUT2D eigenvalue weighted by atomic mass is 32.1. The van der Waals surface area contributed by atoms with E-state index in [1.807, 2.05) is 16.3 Å². The number of methoxy groups -OCH3 is 1. The predicted octanol–water partition coefficient (Wildman–Crippen LogP) is 4.84. The lowest BCUT2D eigenvalue weighted by atomic mass is 10.0. The van der Waals surface area contributed by atoms with Crippen LogP contribution >= 0.6 is 11.3 Å². The van der Waals surface area contributed by atoms with Crippen molar-refractivity contribution < 1.29 is 19.1 Å². The van der Waals surface area contributed by atoms with Gasteiger partial charge in [0.15, 0.2) is 5.13 Å². The zero-order valence-electron chi connectivity index (χ0n) is 24.3. The lowest BCUT2D eigenvalue weighted by Crippen LogP contribution is -2.46. The monoisotopic (exact) mass is 589 g/mol. The molecule has 1 atom stereocenters. The van der Waals surface area contributed by atoms with E-state index in [2.05, 4.69) is 39.6 Å². The van der Waals surface area contributed by atoms with E-state index in [4.69, 9.17) is 4.74 Å². The molecule has 1 aromatic heterocycles. The third kappa shape index (κ3) is 6.99. The van der Waals surface area contributed by atoms with Crippen molar-refractivity contribution in [3.8, 4) is 17.0 Å². The van der Waals surface area contributed by atoms with E-state index >= 15 is 0 Å². The number of thiazole rings is 1. The molecule has 3 amide bonds. The first-order valence-corrected chi connectivity index (χ1v) is 15.6. The highest BCUT2D eigenvalue weighted by molar-refractivity contribution is 7.14. The van der Waals surface area contributed by atoms with Gasteiger partial charge in [0.1, 0.15) is 5.75 Å². The summed E-state index contributed by atoms with van der Waals surface area (Å²) in [7, 11) is 1.65. The van der Waals surface area contributed by atoms with Gasteiger partial charge in [-0.05, 0) is 74.1 Å². The summed E-state index contributed by atoms with van der Waals surface area (Å²) in [6.45, 7) is 5.44. The number of rotatable bonds is 11. The quantitative estimate of drug-likeness (QED) is 0.310. The van der Waals surface area contributed by atoms with Crippen LogP contribution in [0.1, 0.15) is 65.3 Å². The number of hydrogen-bond donors (Lipinski definition) is 2. The highest BCUT2D eigenvalue weighted by Crippen LogP contribution is 2.33. The molecule has 2 fully saturated rings. The second-order valence-electron chi connectivity index (χ2n) is 11.0. The maximum Gasteiger partial charge on any atom is 0.257 e. The molecule has 222 valence electrons. The molecule has 2 aromatic carbocycles. The lowest BCUT2D eigenvalue weighted by Gasteiger charge is -2.36. The van der Waals surface area contributed by atoms with E-state index in [0.29, 0.717) is 35.4 Å². The SMILES string of the molecule is CCCCc1ccc(OC)c(-c2csc(NC(=O)c3ccc(C(=O)N4CCC(N5CC[C@@H](NC=O)C5)CC4)cc3)n2)c1. The number of carbonyl (C=O) groups is 3. The average Bonchev–Trinajstić information content (AvgIpc) is 3.70. The van der Waals surface area contributed by atoms with Gasteiger partial charge in [0.25, 0.3) is 11.8 Å². The number of nitrogens with zero attached hydrogens (tertiary/aromatic N) is 3. The van der Waals surface area contributed by atoms with Crippen LogP contribution in [0.5, 0.6) is 5.75 Å². The third-order valence-corrected chi connectivity index (χ3v) is 9.03. The zero-order valence-corrected chi connectivity index (χ0v) is 25.1. The molecule has 2 aliphatic rings. The topological polar surface area (TPSA) is 104 Å². The van der Waals surface area contributed by atoms with Gasteiger partial charge in [-0.1, -0.05) is 19.4 Å². The van der Waals surface area contributed by atoms with E-state index in [0.717, 1.165) is 75.0 Å². The number of unbranched alkanes of at least 4 members (excludes halogenated alkanes) is 1. The molecule has 5 rings (SSSR count). The largest absolute Gasteiger partial charge is 0.496 e. The number of nitrogens with one attached hydrogen (secondary N) is 2. The lowest BCUT2D eigenvalue weighted by molar-refractivity contribution is -0.110. The molecule has 0 saturated carbocycles. The van der Waals surface area contributed by atoms with E-state index < -0.39 is 0 Å². The summed E-state index contributed by atoms with van der Waals surface area (Å²) in [5.74, 6) is 0.467. The fourth-order valence-corrected chi connectivity index (χ4v) is 6.55. The summed E-state index contributed by atoms with van der Waals surface area (Å²) in [6, 6.07) is 13.7. The van der Waals surface area contributed by atoms with Crippen LogP contribution in [0.15, 0.2) is 47.8 Å². The Balaban J connectivity index is 1.16. The minimum absolute atomic E-state index is 0.0120. The van der Waals surface area contributed by atoms with Crippen molar-refractivity contribution >= 4 is 34.7 Å². The molecular formula is C32H39N5O4S. The maximum atomic E-state index is 13.2. The van der Waals surface area contributed by atoms with E-state index in [1.54, 1.807) is 31.4 Å². The van der Waals surface area contributed by atoms with Gasteiger partial charge in [0, 0.05) is 60.3 Å². The summed E-state index contributed by atoms with van der Waals surface area (Å²) in [6.07, 6.45) is 6.85. The van der Waals surface area contributed by atoms with Gasteiger partial charge in [-0.2, -0.15) is 0 Å². The van der Waals surface area contributed by atoms with Gasteiger partial charge in [0.2, 0.25) is 6.41 Å². The molecule has 0 aliphatic carbocycles. The number of carbonyl (C=O) groups excluding carboxylic acids is 3. The van der Waals surface area contributed by atoms with Crippen molar-refractivity contribution in [2.75, 3.05) is 38.6 Å². The van der Waals surface area contributed by atoms with Crippen molar-refractivity contribution in [1.29, 1.82) is 0 Å². The van der Waals surface area contributed by atoms with Gasteiger partial charge in [-0.25, -0.2) is 4.98 Å². The molecule has 0 radical (unpaired) electrons. The van der Waals surface area contributed by atoms with E-state index in [9.17, 15) is 14.4 Å². The van der Waals surface area contributed by atoms with Crippen molar-refractivity contribution in [2.24, 2.45) is 0 Å². The van der Waals surface area contributed by atoms with E-state index in [1.165, 1.54) is 16.9 Å². The fraction of sp³-hybridized carbons (Fsp3) is 0.438. The van der Waals surface area contributed by atoms with Crippen LogP contribution in [0.4, 0.5) is 5.13 Å². The Morgan fingerprint density at radius 1 is 1.07 bits per heavy atom. The zero-order chi connectivity index (χ0) is 29.5. The number of likely N-dealkylation sites (tertiary alicyclic amines) is 2. The second kappa shape index (κ2) is 13.9. The number of amides is 3. The van der Waals surface area contributed by atoms with Crippen LogP contribution in [0.2, 0.25) is 0 Å². The normalized spacial score (nSPS) is 17.7. The molecule has 0 spiro atoms. The molecule has 2 N–H and O–H groups in total. The Hall–Kier alpha value is -3.76. The summed E-state index contributed by atoms with van der Waals surface area (Å²) in [4.78, 5) is 45.8. The van der Waals surface area contributed by atoms with E-state index in [-0.39, 0.29) is 17.9 Å². The van der Waals surface area contributed by atoms with Gasteiger partial charge >= 0.3 is 0 Å². The van der Waals surface area contributed by atoms with Gasteiger partial charge < -0.3 is 15.0 Å². The first-order chi connectivity index (χ1) is 20.5. The molecule has 3 aromatic rings. The first-order valence-electron chi connectivity index (χ1n) is 14.8. The maximum absolute atomic E-state index is 13.2. The highest BCUT2D eigenvalue weighted by Gasteiger charge is 2.32. The van der Waals surface area contributed by atoms with Crippen LogP contribution in [0.3, 0.4) is 0 Å². The summed E-state index contributed by atoms with van der Waals surface area (Å²) in [5, 5.41) is 8.21. The Morgan fingerprint density at radius 3 is 2.55 bits per heavy atom. The molecule has 0 bridgehead atoms. The van der Waals surface area contributed by atoms with Crippen molar-refractivity contribution in [3.63, 3.8) is 0 Å². The molecule has 0 unspecified atom stereocenters. The number of hydrogen-bond acceptors (Lipinski definition) is 7. The van der Waals surface area contributed by atoms with Gasteiger partial charge in [-0.3, -0.25) is 24.6 Å². The Morgan fingerprint density at radius 2 is 1.83 bits per heavy atom. The molecule has 2 saturated heterocycles. The number of benzene rings is 2. The Kier molecular flexibility index (Phi) is 9.86. The van der Waals surface area contributed by atoms with Crippen LogP contribution in [-0.4, -0.2) is 78.4 Å². The van der Waals surface area contributed by atoms with Crippen molar-refractivity contribution in [1.82, 2.24) is 20.1 Å². The molecule has 2 aliphatic heterocycles. The fourth-order valence-electron chi connectivity index (χ4n) is 5.85. The average molecular weight is 590 g/mol. The molecule has 10 heteroatoms.